The van der Waals surface area contributed by atoms with Crippen molar-refractivity contribution in [2.45, 2.75) is 218 Å². The van der Waals surface area contributed by atoms with E-state index in [1.54, 1.807) is 0 Å². The maximum absolute atomic E-state index is 12.9. The summed E-state index contributed by atoms with van der Waals surface area (Å²) in [7, 11) is -5.08. The lowest BCUT2D eigenvalue weighted by Gasteiger charge is -2.41. The standard InChI is InChI=1S/C55H92O12S/c1-3-5-7-9-11-13-15-17-19-21-22-23-24-25-26-27-28-29-30-32-34-36-38-40-42-44-51(57)65-49(48-64-55-53(59)54(67-68(60,61)62)52(58)50(46-56)66-55)47-63-45-43-41-39-37-35-33-31-20-18-16-14-12-10-8-6-4-2/h6,8,12,14-15,17-18,20-22,24-25,33,35,39,41,49-50,52-56,58-59H,3-5,7,9-11,13,16,19,23,26-32,34,36-38,40,42-48H2,1-2H3,(H,60,61,62)/b8-6-,14-12-,17-15-,20-18-,22-21-,25-24-,35-33-,41-39-. The summed E-state index contributed by atoms with van der Waals surface area (Å²) in [5.74, 6) is -0.431. The van der Waals surface area contributed by atoms with E-state index in [9.17, 15) is 33.1 Å². The number of carbonyl (C=O) groups excluding carboxylic acids is 1. The second-order valence-corrected chi connectivity index (χ2v) is 18.4. The monoisotopic (exact) mass is 977 g/mol. The van der Waals surface area contributed by atoms with Gasteiger partial charge in [-0.25, -0.2) is 4.18 Å². The third kappa shape index (κ3) is 37.9. The van der Waals surface area contributed by atoms with Crippen LogP contribution in [0.25, 0.3) is 0 Å². The number of rotatable bonds is 44. The topological polar surface area (TPSA) is 178 Å². The first kappa shape index (κ1) is 63.0. The van der Waals surface area contributed by atoms with Gasteiger partial charge in [-0.2, -0.15) is 8.42 Å². The molecule has 1 aliphatic rings. The van der Waals surface area contributed by atoms with E-state index in [4.69, 9.17) is 18.9 Å². The summed E-state index contributed by atoms with van der Waals surface area (Å²) < 4.78 is 59.1. The van der Waals surface area contributed by atoms with Crippen LogP contribution in [0.5, 0.6) is 0 Å². The molecule has 1 saturated heterocycles. The number of hydrogen-bond donors (Lipinski definition) is 4. The first-order valence-corrected chi connectivity index (χ1v) is 27.4. The van der Waals surface area contributed by atoms with Gasteiger partial charge in [0.15, 0.2) is 6.29 Å². The molecule has 1 fully saturated rings. The minimum Gasteiger partial charge on any atom is -0.457 e. The average Bonchev–Trinajstić information content (AvgIpc) is 3.31. The number of aliphatic hydroxyl groups is 3. The van der Waals surface area contributed by atoms with Crippen LogP contribution in [0.15, 0.2) is 97.2 Å². The lowest BCUT2D eigenvalue weighted by molar-refractivity contribution is -0.301. The SMILES string of the molecule is CC/C=C\C/C=C\C/C=C\C/C=C\C/C=C\CCOCC(COC1OC(CO)C(O)C(OS(=O)(=O)O)C1O)OC(=O)CCCCCCCCCCCC/C=C\C/C=C\C/C=C\CCCCCCC. The maximum Gasteiger partial charge on any atom is 0.397 e. The van der Waals surface area contributed by atoms with Crippen LogP contribution in [0, 0.1) is 0 Å². The average molecular weight is 977 g/mol. The Balaban J connectivity index is 2.38. The fourth-order valence-electron chi connectivity index (χ4n) is 7.33. The summed E-state index contributed by atoms with van der Waals surface area (Å²) in [6.45, 7) is 3.63. The van der Waals surface area contributed by atoms with Crippen molar-refractivity contribution >= 4 is 16.4 Å². The van der Waals surface area contributed by atoms with Gasteiger partial charge in [0.05, 0.1) is 26.4 Å². The third-order valence-electron chi connectivity index (χ3n) is 11.2. The highest BCUT2D eigenvalue weighted by Crippen LogP contribution is 2.26. The molecule has 0 bridgehead atoms. The molecule has 4 N–H and O–H groups in total. The highest BCUT2D eigenvalue weighted by Gasteiger charge is 2.48. The molecule has 0 aromatic rings. The Labute approximate surface area is 412 Å². The van der Waals surface area contributed by atoms with Crippen LogP contribution in [0.3, 0.4) is 0 Å². The Kier molecular flexibility index (Phi) is 41.9. The predicted molar refractivity (Wildman–Crippen MR) is 275 cm³/mol. The molecule has 68 heavy (non-hydrogen) atoms. The van der Waals surface area contributed by atoms with Crippen LogP contribution < -0.4 is 0 Å². The van der Waals surface area contributed by atoms with Gasteiger partial charge >= 0.3 is 16.4 Å². The molecule has 1 aliphatic heterocycles. The van der Waals surface area contributed by atoms with Crippen molar-refractivity contribution in [2.24, 2.45) is 0 Å². The zero-order valence-corrected chi connectivity index (χ0v) is 42.7. The lowest BCUT2D eigenvalue weighted by atomic mass is 9.99. The molecule has 1 rings (SSSR count). The summed E-state index contributed by atoms with van der Waals surface area (Å²) in [5, 5.41) is 30.7. The van der Waals surface area contributed by atoms with Crippen molar-refractivity contribution in [3.63, 3.8) is 0 Å². The zero-order valence-electron chi connectivity index (χ0n) is 41.9. The number of esters is 1. The largest absolute Gasteiger partial charge is 0.457 e. The van der Waals surface area contributed by atoms with Crippen molar-refractivity contribution in [1.29, 1.82) is 0 Å². The lowest BCUT2D eigenvalue weighted by Crippen LogP contribution is -2.60. The van der Waals surface area contributed by atoms with Gasteiger partial charge in [-0.3, -0.25) is 9.35 Å². The van der Waals surface area contributed by atoms with Crippen LogP contribution >= 0.6 is 0 Å². The van der Waals surface area contributed by atoms with Crippen molar-refractivity contribution in [3.8, 4) is 0 Å². The Bertz CT molecular complexity index is 1550. The smallest absolute Gasteiger partial charge is 0.397 e. The molecular weight excluding hydrogens is 885 g/mol. The molecule has 390 valence electrons. The maximum atomic E-state index is 12.9. The Morgan fingerprint density at radius 3 is 1.49 bits per heavy atom. The number of aliphatic hydroxyl groups excluding tert-OH is 3. The zero-order chi connectivity index (χ0) is 49.6. The van der Waals surface area contributed by atoms with E-state index in [0.717, 1.165) is 70.6 Å². The number of carbonyl (C=O) groups is 1. The minimum absolute atomic E-state index is 0.0256. The number of allylic oxidation sites excluding steroid dienone is 15. The minimum atomic E-state index is -5.08. The van der Waals surface area contributed by atoms with E-state index in [1.165, 1.54) is 77.0 Å². The van der Waals surface area contributed by atoms with Crippen LogP contribution in [0.4, 0.5) is 0 Å². The van der Waals surface area contributed by atoms with Gasteiger partial charge in [-0.1, -0.05) is 188 Å². The fraction of sp³-hybridized carbons (Fsp3) is 0.691. The van der Waals surface area contributed by atoms with Crippen LogP contribution in [0.1, 0.15) is 181 Å². The van der Waals surface area contributed by atoms with Crippen molar-refractivity contribution < 1.29 is 56.2 Å². The van der Waals surface area contributed by atoms with E-state index in [-0.39, 0.29) is 19.6 Å². The van der Waals surface area contributed by atoms with Crippen molar-refractivity contribution in [1.82, 2.24) is 0 Å². The van der Waals surface area contributed by atoms with Gasteiger partial charge in [0.25, 0.3) is 0 Å². The Morgan fingerprint density at radius 1 is 0.574 bits per heavy atom. The Hall–Kier alpha value is -2.98. The number of ether oxygens (including phenoxy) is 4. The van der Waals surface area contributed by atoms with Gasteiger partial charge in [0, 0.05) is 6.42 Å². The molecule has 0 spiro atoms. The molecule has 0 aromatic carbocycles. The van der Waals surface area contributed by atoms with Crippen LogP contribution in [0.2, 0.25) is 0 Å². The predicted octanol–water partition coefficient (Wildman–Crippen LogP) is 12.2. The third-order valence-corrected chi connectivity index (χ3v) is 11.7. The first-order chi connectivity index (χ1) is 33.1. The highest BCUT2D eigenvalue weighted by atomic mass is 32.3. The van der Waals surface area contributed by atoms with Crippen LogP contribution in [-0.4, -0.2) is 97.5 Å². The van der Waals surface area contributed by atoms with Gasteiger partial charge in [-0.15, -0.1) is 0 Å². The van der Waals surface area contributed by atoms with E-state index < -0.39 is 59.8 Å². The van der Waals surface area contributed by atoms with E-state index in [2.05, 4.69) is 103 Å². The highest BCUT2D eigenvalue weighted by molar-refractivity contribution is 7.80. The molecule has 0 saturated carbocycles. The fourth-order valence-corrected chi connectivity index (χ4v) is 7.84. The Morgan fingerprint density at radius 2 is 1.01 bits per heavy atom. The summed E-state index contributed by atoms with van der Waals surface area (Å²) in [4.78, 5) is 12.9. The molecule has 0 aromatic heterocycles. The van der Waals surface area contributed by atoms with Gasteiger partial charge in [-0.05, 0) is 83.5 Å². The van der Waals surface area contributed by atoms with E-state index >= 15 is 0 Å². The first-order valence-electron chi connectivity index (χ1n) is 26.0. The molecule has 1 heterocycles. The molecule has 0 aliphatic carbocycles. The van der Waals surface area contributed by atoms with Gasteiger partial charge < -0.3 is 34.3 Å². The van der Waals surface area contributed by atoms with Crippen molar-refractivity contribution in [3.05, 3.63) is 97.2 Å². The molecule has 13 heteroatoms. The summed E-state index contributed by atoms with van der Waals surface area (Å²) in [6.07, 6.45) is 53.2. The summed E-state index contributed by atoms with van der Waals surface area (Å²) >= 11 is 0. The van der Waals surface area contributed by atoms with Crippen LogP contribution in [-0.2, 0) is 38.3 Å². The number of unbranched alkanes of at least 4 members (excludes halogenated alkanes) is 15. The molecule has 6 unspecified atom stereocenters. The molecule has 12 nitrogen and oxygen atoms in total. The van der Waals surface area contributed by atoms with Gasteiger partial charge in [0.1, 0.15) is 30.5 Å². The van der Waals surface area contributed by atoms with Crippen molar-refractivity contribution in [2.75, 3.05) is 26.4 Å². The summed E-state index contributed by atoms with van der Waals surface area (Å²) in [6, 6.07) is 0. The number of hydrogen-bond acceptors (Lipinski definition) is 11. The quantitative estimate of drug-likeness (QED) is 0.0197. The van der Waals surface area contributed by atoms with E-state index in [1.807, 2.05) is 12.2 Å². The molecule has 0 amide bonds. The second kappa shape index (κ2) is 45.2. The van der Waals surface area contributed by atoms with E-state index in [0.29, 0.717) is 19.4 Å². The molecule has 6 atom stereocenters. The molecule has 0 radical (unpaired) electrons. The van der Waals surface area contributed by atoms with Gasteiger partial charge in [0.2, 0.25) is 0 Å². The normalized spacial score (nSPS) is 20.1. The second-order valence-electron chi connectivity index (χ2n) is 17.4. The summed E-state index contributed by atoms with van der Waals surface area (Å²) in [5.41, 5.74) is 0. The molecular formula is C55H92O12S.